The highest BCUT2D eigenvalue weighted by atomic mass is 16.6. The van der Waals surface area contributed by atoms with Crippen LogP contribution in [0.2, 0.25) is 0 Å². The van der Waals surface area contributed by atoms with E-state index in [0.717, 1.165) is 23.9 Å². The van der Waals surface area contributed by atoms with Crippen LogP contribution in [-0.2, 0) is 11.8 Å². The monoisotopic (exact) mass is 356 g/mol. The molecule has 1 fully saturated rings. The average molecular weight is 356 g/mol. The maximum Gasteiger partial charge on any atom is 0.410 e. The molecule has 0 bridgehead atoms. The molecule has 0 spiro atoms. The van der Waals surface area contributed by atoms with E-state index in [2.05, 4.69) is 15.9 Å². The summed E-state index contributed by atoms with van der Waals surface area (Å²) in [6.45, 7) is 6.54. The minimum atomic E-state index is -0.520. The molecule has 138 valence electrons. The smallest absolute Gasteiger partial charge is 0.410 e. The van der Waals surface area contributed by atoms with Gasteiger partial charge in [0.05, 0.1) is 11.4 Å². The Labute approximate surface area is 153 Å². The van der Waals surface area contributed by atoms with Gasteiger partial charge in [0.1, 0.15) is 23.5 Å². The summed E-state index contributed by atoms with van der Waals surface area (Å²) in [5.41, 5.74) is 0.701. The molecule has 7 nitrogen and oxygen atoms in total. The van der Waals surface area contributed by atoms with Crippen LogP contribution in [0.1, 0.15) is 39.3 Å². The van der Waals surface area contributed by atoms with Gasteiger partial charge in [0.15, 0.2) is 0 Å². The van der Waals surface area contributed by atoms with Gasteiger partial charge >= 0.3 is 12.1 Å². The minimum absolute atomic E-state index is 0.0631. The van der Waals surface area contributed by atoms with Crippen molar-refractivity contribution in [2.45, 2.75) is 45.3 Å². The predicted molar refractivity (Wildman–Crippen MR) is 97.9 cm³/mol. The molecule has 1 unspecified atom stereocenters. The maximum absolute atomic E-state index is 12.4. The number of ether oxygens (including phenoxy) is 2. The highest BCUT2D eigenvalue weighted by molar-refractivity contribution is 5.81. The Kier molecular flexibility index (Phi) is 4.77. The third-order valence-corrected chi connectivity index (χ3v) is 4.25. The molecule has 1 aliphatic heterocycles. The first-order valence-electron chi connectivity index (χ1n) is 8.70. The largest absolute Gasteiger partial charge is 0.461 e. The van der Waals surface area contributed by atoms with E-state index in [1.165, 1.54) is 0 Å². The lowest BCUT2D eigenvalue weighted by Gasteiger charge is -2.28. The molecule has 0 aliphatic carbocycles. The molecule has 7 heteroatoms. The lowest BCUT2D eigenvalue weighted by atomic mass is 10.2. The molecule has 0 radical (unpaired) electrons. The molecule has 1 atom stereocenters. The van der Waals surface area contributed by atoms with Crippen LogP contribution in [0, 0.1) is 12.3 Å². The van der Waals surface area contributed by atoms with Gasteiger partial charge in [-0.05, 0) is 45.6 Å². The Balaban J connectivity index is 1.72. The number of amides is 1. The van der Waals surface area contributed by atoms with Gasteiger partial charge in [-0.25, -0.2) is 4.79 Å². The van der Waals surface area contributed by atoms with Crippen LogP contribution in [0.5, 0.6) is 6.01 Å². The van der Waals surface area contributed by atoms with E-state index in [9.17, 15) is 4.79 Å². The zero-order chi connectivity index (χ0) is 18.9. The summed E-state index contributed by atoms with van der Waals surface area (Å²) >= 11 is 0. The quantitative estimate of drug-likeness (QED) is 0.791. The minimum Gasteiger partial charge on any atom is -0.461 e. The average Bonchev–Trinajstić information content (AvgIpc) is 3.18. The molecule has 2 aromatic rings. The molecular weight excluding hydrogens is 332 g/mol. The van der Waals surface area contributed by atoms with Crippen molar-refractivity contribution in [3.05, 3.63) is 18.0 Å². The summed E-state index contributed by atoms with van der Waals surface area (Å²) in [4.78, 5) is 22.8. The van der Waals surface area contributed by atoms with Gasteiger partial charge in [-0.15, -0.1) is 6.42 Å². The lowest BCUT2D eigenvalue weighted by molar-refractivity contribution is 0.0184. The number of rotatable bonds is 3. The SMILES string of the molecule is C#Cc1nc(OCC2CCCN2C(=O)OC(C)(C)C)nc2c1ccn2C. The summed E-state index contributed by atoms with van der Waals surface area (Å²) in [5, 5.41) is 0.818. The van der Waals surface area contributed by atoms with Gasteiger partial charge in [-0.2, -0.15) is 9.97 Å². The first-order chi connectivity index (χ1) is 12.3. The number of fused-ring (bicyclic) bond motifs is 1. The standard InChI is InChI=1S/C19H24N4O3/c1-6-15-14-9-11-22(5)16(14)21-17(20-15)25-12-13-8-7-10-23(13)18(24)26-19(2,3)4/h1,9,11,13H,7-8,10,12H2,2-5H3. The Morgan fingerprint density at radius 1 is 1.42 bits per heavy atom. The van der Waals surface area contributed by atoms with Crippen molar-refractivity contribution < 1.29 is 14.3 Å². The van der Waals surface area contributed by atoms with E-state index in [1.807, 2.05) is 44.6 Å². The van der Waals surface area contributed by atoms with E-state index in [-0.39, 0.29) is 18.1 Å². The number of terminal acetylenes is 1. The van der Waals surface area contributed by atoms with Crippen molar-refractivity contribution in [2.24, 2.45) is 7.05 Å². The van der Waals surface area contributed by atoms with E-state index >= 15 is 0 Å². The van der Waals surface area contributed by atoms with Crippen LogP contribution in [0.15, 0.2) is 12.3 Å². The first-order valence-corrected chi connectivity index (χ1v) is 8.70. The van der Waals surface area contributed by atoms with Gasteiger partial charge in [0.25, 0.3) is 0 Å². The zero-order valence-corrected chi connectivity index (χ0v) is 15.7. The Morgan fingerprint density at radius 2 is 2.19 bits per heavy atom. The zero-order valence-electron chi connectivity index (χ0n) is 15.7. The number of hydrogen-bond donors (Lipinski definition) is 0. The molecule has 1 aliphatic rings. The van der Waals surface area contributed by atoms with E-state index < -0.39 is 5.60 Å². The Bertz CT molecular complexity index is 860. The molecule has 26 heavy (non-hydrogen) atoms. The molecular formula is C19H24N4O3. The van der Waals surface area contributed by atoms with E-state index in [4.69, 9.17) is 15.9 Å². The van der Waals surface area contributed by atoms with Crippen molar-refractivity contribution in [2.75, 3.05) is 13.2 Å². The van der Waals surface area contributed by atoms with Crippen molar-refractivity contribution in [1.82, 2.24) is 19.4 Å². The highest BCUT2D eigenvalue weighted by Crippen LogP contribution is 2.23. The molecule has 3 rings (SSSR count). The second-order valence-electron chi connectivity index (χ2n) is 7.44. The second kappa shape index (κ2) is 6.87. The van der Waals surface area contributed by atoms with Crippen molar-refractivity contribution in [3.8, 4) is 18.4 Å². The molecule has 1 amide bonds. The number of likely N-dealkylation sites (tertiary alicyclic amines) is 1. The number of carbonyl (C=O) groups excluding carboxylic acids is 1. The summed E-state index contributed by atoms with van der Waals surface area (Å²) < 4.78 is 13.1. The summed E-state index contributed by atoms with van der Waals surface area (Å²) in [5.74, 6) is 2.58. The molecule has 0 aromatic carbocycles. The molecule has 2 aromatic heterocycles. The normalized spacial score (nSPS) is 17.3. The topological polar surface area (TPSA) is 69.5 Å². The summed E-state index contributed by atoms with van der Waals surface area (Å²) in [6.07, 6.45) is 8.90. The molecule has 0 saturated carbocycles. The number of aromatic nitrogens is 3. The third-order valence-electron chi connectivity index (χ3n) is 4.25. The number of hydrogen-bond acceptors (Lipinski definition) is 5. The number of nitrogens with zero attached hydrogens (tertiary/aromatic N) is 4. The highest BCUT2D eigenvalue weighted by Gasteiger charge is 2.32. The number of aryl methyl sites for hydroxylation is 1. The van der Waals surface area contributed by atoms with Crippen molar-refractivity contribution in [1.29, 1.82) is 0 Å². The van der Waals surface area contributed by atoms with Crippen LogP contribution >= 0.6 is 0 Å². The second-order valence-corrected chi connectivity index (χ2v) is 7.44. The first kappa shape index (κ1) is 18.1. The summed E-state index contributed by atoms with van der Waals surface area (Å²) in [7, 11) is 1.89. The van der Waals surface area contributed by atoms with Gasteiger partial charge in [-0.1, -0.05) is 0 Å². The molecule has 0 N–H and O–H groups in total. The lowest BCUT2D eigenvalue weighted by Crippen LogP contribution is -2.42. The van der Waals surface area contributed by atoms with Crippen molar-refractivity contribution in [3.63, 3.8) is 0 Å². The van der Waals surface area contributed by atoms with Gasteiger partial charge in [0, 0.05) is 19.8 Å². The summed E-state index contributed by atoms with van der Waals surface area (Å²) in [6, 6.07) is 2.05. The third kappa shape index (κ3) is 3.74. The van der Waals surface area contributed by atoms with E-state index in [0.29, 0.717) is 18.8 Å². The van der Waals surface area contributed by atoms with Gasteiger partial charge in [-0.3, -0.25) is 0 Å². The van der Waals surface area contributed by atoms with Crippen LogP contribution in [0.4, 0.5) is 4.79 Å². The van der Waals surface area contributed by atoms with Gasteiger partial charge < -0.3 is 18.9 Å². The molecule has 1 saturated heterocycles. The Morgan fingerprint density at radius 3 is 2.88 bits per heavy atom. The molecule has 3 heterocycles. The van der Waals surface area contributed by atoms with Crippen LogP contribution in [0.25, 0.3) is 11.0 Å². The predicted octanol–water partition coefficient (Wildman–Crippen LogP) is 2.73. The fourth-order valence-electron chi connectivity index (χ4n) is 3.03. The Hall–Kier alpha value is -2.75. The maximum atomic E-state index is 12.4. The van der Waals surface area contributed by atoms with Crippen LogP contribution in [-0.4, -0.2) is 50.3 Å². The fraction of sp³-hybridized carbons (Fsp3) is 0.526. The number of carbonyl (C=O) groups is 1. The van der Waals surface area contributed by atoms with Crippen LogP contribution in [0.3, 0.4) is 0 Å². The van der Waals surface area contributed by atoms with Crippen molar-refractivity contribution >= 4 is 17.1 Å². The van der Waals surface area contributed by atoms with Crippen LogP contribution < -0.4 is 4.74 Å². The van der Waals surface area contributed by atoms with E-state index in [1.54, 1.807) is 4.90 Å². The van der Waals surface area contributed by atoms with Gasteiger partial charge in [0.2, 0.25) is 0 Å². The fourth-order valence-corrected chi connectivity index (χ4v) is 3.03.